The maximum absolute atomic E-state index is 13.6. The molecule has 17 heavy (non-hydrogen) atoms. The zero-order chi connectivity index (χ0) is 12.9. The van der Waals surface area contributed by atoms with E-state index in [1.165, 1.54) is 6.07 Å². The van der Waals surface area contributed by atoms with Gasteiger partial charge in [0.1, 0.15) is 11.4 Å². The van der Waals surface area contributed by atoms with Gasteiger partial charge in [-0.25, -0.2) is 4.39 Å². The second kappa shape index (κ2) is 5.79. The van der Waals surface area contributed by atoms with E-state index in [1.807, 2.05) is 20.8 Å². The summed E-state index contributed by atoms with van der Waals surface area (Å²) in [6, 6.07) is 8.97. The summed E-state index contributed by atoms with van der Waals surface area (Å²) in [6.07, 6.45) is 0.415. The van der Waals surface area contributed by atoms with E-state index >= 15 is 0 Å². The van der Waals surface area contributed by atoms with Gasteiger partial charge < -0.3 is 0 Å². The molecular formula is C14H19FN2. The number of benzene rings is 1. The van der Waals surface area contributed by atoms with Gasteiger partial charge in [-0.3, -0.25) is 4.90 Å². The van der Waals surface area contributed by atoms with E-state index in [2.05, 4.69) is 11.0 Å². The van der Waals surface area contributed by atoms with E-state index in [0.29, 0.717) is 12.0 Å². The van der Waals surface area contributed by atoms with E-state index < -0.39 is 5.54 Å². The molecule has 0 fully saturated rings. The van der Waals surface area contributed by atoms with Crippen LogP contribution in [0.1, 0.15) is 26.3 Å². The van der Waals surface area contributed by atoms with Crippen LogP contribution in [0.25, 0.3) is 0 Å². The van der Waals surface area contributed by atoms with E-state index in [9.17, 15) is 9.65 Å². The lowest BCUT2D eigenvalue weighted by Gasteiger charge is -2.34. The molecule has 92 valence electrons. The third-order valence-corrected chi connectivity index (χ3v) is 3.19. The van der Waals surface area contributed by atoms with Crippen LogP contribution in [0.3, 0.4) is 0 Å². The Morgan fingerprint density at radius 1 is 1.29 bits per heavy atom. The molecule has 1 atom stereocenters. The van der Waals surface area contributed by atoms with Crippen molar-refractivity contribution in [3.63, 3.8) is 0 Å². The summed E-state index contributed by atoms with van der Waals surface area (Å²) in [5, 5.41) is 9.36. The van der Waals surface area contributed by atoms with Crippen LogP contribution in [0.15, 0.2) is 24.3 Å². The maximum Gasteiger partial charge on any atom is 0.126 e. The van der Waals surface area contributed by atoms with E-state index in [4.69, 9.17) is 0 Å². The number of nitrogens with zero attached hydrogens (tertiary/aromatic N) is 2. The van der Waals surface area contributed by atoms with Gasteiger partial charge in [0, 0.05) is 6.42 Å². The van der Waals surface area contributed by atoms with Crippen molar-refractivity contribution in [1.29, 1.82) is 5.26 Å². The molecule has 0 spiro atoms. The van der Waals surface area contributed by atoms with Gasteiger partial charge in [-0.05, 0) is 31.6 Å². The molecular weight excluding hydrogens is 215 g/mol. The first kappa shape index (κ1) is 13.7. The van der Waals surface area contributed by atoms with Gasteiger partial charge in [-0.2, -0.15) is 5.26 Å². The van der Waals surface area contributed by atoms with Gasteiger partial charge >= 0.3 is 0 Å². The van der Waals surface area contributed by atoms with Crippen LogP contribution in [-0.2, 0) is 6.42 Å². The van der Waals surface area contributed by atoms with Crippen LogP contribution in [0, 0.1) is 17.1 Å². The number of likely N-dealkylation sites (N-methyl/N-ethyl adjacent to an activating group) is 1. The fourth-order valence-corrected chi connectivity index (χ4v) is 2.16. The van der Waals surface area contributed by atoms with Crippen LogP contribution in [0.4, 0.5) is 4.39 Å². The van der Waals surface area contributed by atoms with Crippen molar-refractivity contribution in [2.45, 2.75) is 32.7 Å². The first-order chi connectivity index (χ1) is 8.07. The molecule has 1 rings (SSSR count). The van der Waals surface area contributed by atoms with Gasteiger partial charge in [0.2, 0.25) is 0 Å². The van der Waals surface area contributed by atoms with E-state index in [1.54, 1.807) is 18.2 Å². The molecule has 0 N–H and O–H groups in total. The molecule has 0 aromatic heterocycles. The fourth-order valence-electron chi connectivity index (χ4n) is 2.16. The largest absolute Gasteiger partial charge is 0.286 e. The summed E-state index contributed by atoms with van der Waals surface area (Å²) in [5.41, 5.74) is -0.0467. The lowest BCUT2D eigenvalue weighted by Crippen LogP contribution is -2.46. The average molecular weight is 234 g/mol. The Morgan fingerprint density at radius 2 is 1.88 bits per heavy atom. The highest BCUT2D eigenvalue weighted by atomic mass is 19.1. The predicted molar refractivity (Wildman–Crippen MR) is 67.0 cm³/mol. The molecule has 0 heterocycles. The number of rotatable bonds is 5. The highest BCUT2D eigenvalue weighted by Gasteiger charge is 2.30. The Hall–Kier alpha value is -1.40. The van der Waals surface area contributed by atoms with Crippen LogP contribution in [0.2, 0.25) is 0 Å². The number of hydrogen-bond acceptors (Lipinski definition) is 2. The third kappa shape index (κ3) is 3.04. The Bertz CT molecular complexity index is 407. The molecule has 1 unspecified atom stereocenters. The Balaban J connectivity index is 2.98. The first-order valence-corrected chi connectivity index (χ1v) is 5.97. The smallest absolute Gasteiger partial charge is 0.126 e. The Kier molecular flexibility index (Phi) is 4.65. The minimum absolute atomic E-state index is 0.235. The summed E-state index contributed by atoms with van der Waals surface area (Å²) >= 11 is 0. The second-order valence-electron chi connectivity index (χ2n) is 4.33. The number of nitriles is 1. The molecule has 3 heteroatoms. The van der Waals surface area contributed by atoms with Gasteiger partial charge in [0.25, 0.3) is 0 Å². The standard InChI is InChI=1S/C14H19FN2/c1-4-17(5-2)14(3,11-16)10-12-8-6-7-9-13(12)15/h6-9H,4-5,10H2,1-3H3. The van der Waals surface area contributed by atoms with Gasteiger partial charge in [0.05, 0.1) is 6.07 Å². The van der Waals surface area contributed by atoms with Gasteiger partial charge in [-0.15, -0.1) is 0 Å². The molecule has 0 aliphatic carbocycles. The average Bonchev–Trinajstić information content (AvgIpc) is 2.33. The molecule has 1 aromatic rings. The molecule has 1 aromatic carbocycles. The molecule has 0 bridgehead atoms. The summed E-state index contributed by atoms with van der Waals surface area (Å²) in [7, 11) is 0. The lowest BCUT2D eigenvalue weighted by atomic mass is 9.92. The summed E-state index contributed by atoms with van der Waals surface area (Å²) in [4.78, 5) is 2.06. The molecule has 0 radical (unpaired) electrons. The zero-order valence-corrected chi connectivity index (χ0v) is 10.7. The summed E-state index contributed by atoms with van der Waals surface area (Å²) < 4.78 is 13.6. The van der Waals surface area contributed by atoms with Crippen LogP contribution >= 0.6 is 0 Å². The van der Waals surface area contributed by atoms with Crippen molar-refractivity contribution in [2.75, 3.05) is 13.1 Å². The first-order valence-electron chi connectivity index (χ1n) is 5.97. The minimum Gasteiger partial charge on any atom is -0.286 e. The number of hydrogen-bond donors (Lipinski definition) is 0. The monoisotopic (exact) mass is 234 g/mol. The highest BCUT2D eigenvalue weighted by molar-refractivity contribution is 5.23. The van der Waals surface area contributed by atoms with Crippen LogP contribution < -0.4 is 0 Å². The van der Waals surface area contributed by atoms with Crippen molar-refractivity contribution >= 4 is 0 Å². The predicted octanol–water partition coefficient (Wildman–Crippen LogP) is 2.99. The summed E-state index contributed by atoms with van der Waals surface area (Å²) in [5.74, 6) is -0.235. The quantitative estimate of drug-likeness (QED) is 0.783. The molecule has 0 saturated heterocycles. The lowest BCUT2D eigenvalue weighted by molar-refractivity contribution is 0.168. The van der Waals surface area contributed by atoms with Crippen molar-refractivity contribution < 1.29 is 4.39 Å². The van der Waals surface area contributed by atoms with Crippen LogP contribution in [-0.4, -0.2) is 23.5 Å². The van der Waals surface area contributed by atoms with Crippen molar-refractivity contribution in [2.24, 2.45) is 0 Å². The Morgan fingerprint density at radius 3 is 2.35 bits per heavy atom. The second-order valence-corrected chi connectivity index (χ2v) is 4.33. The summed E-state index contributed by atoms with van der Waals surface area (Å²) in [6.45, 7) is 7.47. The van der Waals surface area contributed by atoms with Crippen molar-refractivity contribution in [3.05, 3.63) is 35.6 Å². The third-order valence-electron chi connectivity index (χ3n) is 3.19. The highest BCUT2D eigenvalue weighted by Crippen LogP contribution is 2.21. The Labute approximate surface area is 103 Å². The SMILES string of the molecule is CCN(CC)C(C)(C#N)Cc1ccccc1F. The zero-order valence-electron chi connectivity index (χ0n) is 10.7. The molecule has 2 nitrogen and oxygen atoms in total. The molecule has 0 amide bonds. The van der Waals surface area contributed by atoms with Gasteiger partial charge in [0.15, 0.2) is 0 Å². The minimum atomic E-state index is -0.647. The maximum atomic E-state index is 13.6. The van der Waals surface area contributed by atoms with Crippen molar-refractivity contribution in [1.82, 2.24) is 4.90 Å². The molecule has 0 aliphatic rings. The van der Waals surface area contributed by atoms with E-state index in [-0.39, 0.29) is 5.82 Å². The normalized spacial score (nSPS) is 14.4. The van der Waals surface area contributed by atoms with E-state index in [0.717, 1.165) is 13.1 Å². The fraction of sp³-hybridized carbons (Fsp3) is 0.500. The topological polar surface area (TPSA) is 27.0 Å². The van der Waals surface area contributed by atoms with Crippen molar-refractivity contribution in [3.8, 4) is 6.07 Å². The molecule has 0 saturated carbocycles. The van der Waals surface area contributed by atoms with Crippen LogP contribution in [0.5, 0.6) is 0 Å². The van der Waals surface area contributed by atoms with Gasteiger partial charge in [-0.1, -0.05) is 32.0 Å². The molecule has 0 aliphatic heterocycles. The number of halogens is 1.